The standard InChI is InChI=1S/C31H35ClF3N5O4/c1-18(2)16-43-21-5-3-4-19(12-21)23-13-20(32)6-7-22(23)27(31(33,34)35)44-26-14-25(38-29(36)39-26)40-10-8-30(9-11-40)15-24(28(41)42)37-17-30/h3-7,12-14,18,24,27,37H,8-11,15-17H2,1-2H3,(H,41,42)(H2,36,38,39)/t24?,27-/m1/s1. The lowest BCUT2D eigenvalue weighted by Crippen LogP contribution is -2.41. The highest BCUT2D eigenvalue weighted by molar-refractivity contribution is 6.30. The first-order valence-corrected chi connectivity index (χ1v) is 14.8. The van der Waals surface area contributed by atoms with Crippen molar-refractivity contribution in [2.75, 3.05) is 36.9 Å². The highest BCUT2D eigenvalue weighted by atomic mass is 35.5. The monoisotopic (exact) mass is 633 g/mol. The number of rotatable bonds is 9. The third-order valence-electron chi connectivity index (χ3n) is 8.08. The summed E-state index contributed by atoms with van der Waals surface area (Å²) in [5.41, 5.74) is 6.37. The molecule has 0 radical (unpaired) electrons. The molecule has 2 fully saturated rings. The van der Waals surface area contributed by atoms with Crippen molar-refractivity contribution in [2.24, 2.45) is 11.3 Å². The number of carboxylic acid groups (broad SMARTS) is 1. The second-order valence-corrected chi connectivity index (χ2v) is 12.3. The molecule has 2 atom stereocenters. The summed E-state index contributed by atoms with van der Waals surface area (Å²) in [6, 6.07) is 11.7. The highest BCUT2D eigenvalue weighted by Crippen LogP contribution is 2.44. The van der Waals surface area contributed by atoms with Crippen molar-refractivity contribution in [1.82, 2.24) is 15.3 Å². The molecule has 44 heavy (non-hydrogen) atoms. The van der Waals surface area contributed by atoms with Crippen LogP contribution in [0.4, 0.5) is 24.9 Å². The molecule has 1 aromatic heterocycles. The molecule has 2 saturated heterocycles. The van der Waals surface area contributed by atoms with E-state index in [0.29, 0.717) is 62.6 Å². The van der Waals surface area contributed by atoms with Crippen LogP contribution in [0.2, 0.25) is 5.02 Å². The normalized spacial score (nSPS) is 18.9. The van der Waals surface area contributed by atoms with Crippen molar-refractivity contribution in [2.45, 2.75) is 51.4 Å². The molecule has 13 heteroatoms. The van der Waals surface area contributed by atoms with Gasteiger partial charge < -0.3 is 30.5 Å². The number of carbonyl (C=O) groups is 1. The predicted molar refractivity (Wildman–Crippen MR) is 161 cm³/mol. The van der Waals surface area contributed by atoms with Crippen molar-refractivity contribution >= 4 is 29.3 Å². The lowest BCUT2D eigenvalue weighted by Gasteiger charge is -2.39. The van der Waals surface area contributed by atoms with Gasteiger partial charge in [-0.15, -0.1) is 0 Å². The van der Waals surface area contributed by atoms with Gasteiger partial charge in [0.15, 0.2) is 0 Å². The van der Waals surface area contributed by atoms with E-state index in [-0.39, 0.29) is 39.3 Å². The molecule has 236 valence electrons. The summed E-state index contributed by atoms with van der Waals surface area (Å²) in [4.78, 5) is 21.6. The number of alkyl halides is 3. The van der Waals surface area contributed by atoms with E-state index < -0.39 is 24.3 Å². The lowest BCUT2D eigenvalue weighted by atomic mass is 9.76. The molecule has 0 amide bonds. The Bertz CT molecular complexity index is 1500. The van der Waals surface area contributed by atoms with Crippen molar-refractivity contribution in [1.29, 1.82) is 0 Å². The Balaban J connectivity index is 1.41. The molecular weight excluding hydrogens is 599 g/mol. The number of anilines is 2. The van der Waals surface area contributed by atoms with E-state index in [1.54, 1.807) is 24.3 Å². The van der Waals surface area contributed by atoms with E-state index in [2.05, 4.69) is 15.3 Å². The number of carboxylic acids is 1. The van der Waals surface area contributed by atoms with E-state index in [0.717, 1.165) is 0 Å². The number of benzene rings is 2. The topological polar surface area (TPSA) is 123 Å². The summed E-state index contributed by atoms with van der Waals surface area (Å²) in [6.07, 6.45) is -5.28. The number of ether oxygens (including phenoxy) is 2. The van der Waals surface area contributed by atoms with E-state index in [1.807, 2.05) is 18.7 Å². The number of aliphatic carboxylic acids is 1. The van der Waals surface area contributed by atoms with Crippen LogP contribution in [0.3, 0.4) is 0 Å². The fraction of sp³-hybridized carbons (Fsp3) is 0.452. The van der Waals surface area contributed by atoms with Crippen LogP contribution in [0, 0.1) is 11.3 Å². The van der Waals surface area contributed by atoms with Crippen LogP contribution < -0.4 is 25.4 Å². The van der Waals surface area contributed by atoms with Gasteiger partial charge in [-0.3, -0.25) is 4.79 Å². The van der Waals surface area contributed by atoms with Gasteiger partial charge in [-0.1, -0.05) is 43.6 Å². The van der Waals surface area contributed by atoms with Crippen molar-refractivity contribution in [3.05, 3.63) is 59.1 Å². The molecule has 2 aromatic carbocycles. The van der Waals surface area contributed by atoms with Crippen molar-refractivity contribution < 1.29 is 32.5 Å². The average molecular weight is 634 g/mol. The summed E-state index contributed by atoms with van der Waals surface area (Å²) < 4.78 is 55.4. The number of aromatic nitrogens is 2. The Morgan fingerprint density at radius 2 is 1.93 bits per heavy atom. The number of hydrogen-bond acceptors (Lipinski definition) is 8. The molecule has 4 N–H and O–H groups in total. The summed E-state index contributed by atoms with van der Waals surface area (Å²) in [5.74, 6) is -0.282. The van der Waals surface area contributed by atoms with E-state index in [1.165, 1.54) is 24.3 Å². The van der Waals surface area contributed by atoms with E-state index in [4.69, 9.17) is 26.8 Å². The van der Waals surface area contributed by atoms with Gasteiger partial charge in [0.1, 0.15) is 17.6 Å². The number of hydrogen-bond donors (Lipinski definition) is 3. The lowest BCUT2D eigenvalue weighted by molar-refractivity contribution is -0.198. The summed E-state index contributed by atoms with van der Waals surface area (Å²) in [7, 11) is 0. The van der Waals surface area contributed by atoms with Gasteiger partial charge >= 0.3 is 12.1 Å². The predicted octanol–water partition coefficient (Wildman–Crippen LogP) is 6.13. The van der Waals surface area contributed by atoms with Crippen LogP contribution >= 0.6 is 11.6 Å². The fourth-order valence-corrected chi connectivity index (χ4v) is 5.96. The first kappa shape index (κ1) is 31.6. The Labute approximate surface area is 258 Å². The molecule has 0 saturated carbocycles. The van der Waals surface area contributed by atoms with Crippen LogP contribution in [-0.4, -0.2) is 59.5 Å². The zero-order valence-corrected chi connectivity index (χ0v) is 25.2. The number of nitrogens with one attached hydrogen (secondary N) is 1. The highest BCUT2D eigenvalue weighted by Gasteiger charge is 2.46. The Morgan fingerprint density at radius 3 is 2.59 bits per heavy atom. The number of halogens is 4. The quantitative estimate of drug-likeness (QED) is 0.255. The largest absolute Gasteiger partial charge is 0.493 e. The first-order valence-electron chi connectivity index (χ1n) is 14.4. The van der Waals surface area contributed by atoms with Gasteiger partial charge in [0.05, 0.1) is 6.61 Å². The van der Waals surface area contributed by atoms with E-state index in [9.17, 15) is 23.1 Å². The molecule has 0 bridgehead atoms. The Hall–Kier alpha value is -3.77. The maximum atomic E-state index is 14.7. The second kappa shape index (κ2) is 12.7. The Morgan fingerprint density at radius 1 is 1.18 bits per heavy atom. The van der Waals surface area contributed by atoms with Crippen LogP contribution in [-0.2, 0) is 4.79 Å². The van der Waals surface area contributed by atoms with Crippen molar-refractivity contribution in [3.63, 3.8) is 0 Å². The number of piperidine rings is 1. The third kappa shape index (κ3) is 7.29. The van der Waals surface area contributed by atoms with Gasteiger partial charge in [-0.05, 0) is 66.0 Å². The maximum absolute atomic E-state index is 14.7. The van der Waals surface area contributed by atoms with Gasteiger partial charge in [0, 0.05) is 36.3 Å². The fourth-order valence-electron chi connectivity index (χ4n) is 5.79. The van der Waals surface area contributed by atoms with Crippen LogP contribution in [0.5, 0.6) is 11.6 Å². The van der Waals surface area contributed by atoms with Gasteiger partial charge in [-0.25, -0.2) is 0 Å². The average Bonchev–Trinajstić information content (AvgIpc) is 3.38. The minimum Gasteiger partial charge on any atom is -0.493 e. The SMILES string of the molecule is CC(C)COc1cccc(-c2cc(Cl)ccc2[C@@H](Oc2cc(N3CCC4(CC3)CNC(C(=O)O)C4)nc(N)n2)C(F)(F)F)c1. The number of nitrogens with two attached hydrogens (primary N) is 1. The van der Waals surface area contributed by atoms with Crippen LogP contribution in [0.1, 0.15) is 44.8 Å². The van der Waals surface area contributed by atoms with Gasteiger partial charge in [0.2, 0.25) is 17.9 Å². The van der Waals surface area contributed by atoms with Gasteiger partial charge in [0.25, 0.3) is 0 Å². The van der Waals surface area contributed by atoms with Crippen molar-refractivity contribution in [3.8, 4) is 22.8 Å². The molecule has 0 aliphatic carbocycles. The molecule has 1 spiro atoms. The maximum Gasteiger partial charge on any atom is 0.429 e. The molecule has 2 aliphatic rings. The summed E-state index contributed by atoms with van der Waals surface area (Å²) in [5, 5.41) is 12.7. The Kier molecular flexibility index (Phi) is 9.12. The zero-order valence-electron chi connectivity index (χ0n) is 24.4. The number of nitrogens with zero attached hydrogens (tertiary/aromatic N) is 3. The second-order valence-electron chi connectivity index (χ2n) is 11.9. The minimum absolute atomic E-state index is 0.150. The molecule has 3 heterocycles. The molecular formula is C31H35ClF3N5O4. The molecule has 9 nitrogen and oxygen atoms in total. The summed E-state index contributed by atoms with van der Waals surface area (Å²) in [6.45, 7) is 6.12. The molecule has 3 aromatic rings. The smallest absolute Gasteiger partial charge is 0.429 e. The van der Waals surface area contributed by atoms with E-state index >= 15 is 0 Å². The van der Waals surface area contributed by atoms with Gasteiger partial charge in [-0.2, -0.15) is 23.1 Å². The third-order valence-corrected chi connectivity index (χ3v) is 8.31. The number of nitrogen functional groups attached to an aromatic ring is 1. The first-order chi connectivity index (χ1) is 20.8. The van der Waals surface area contributed by atoms with Crippen LogP contribution in [0.25, 0.3) is 11.1 Å². The summed E-state index contributed by atoms with van der Waals surface area (Å²) >= 11 is 6.26. The zero-order chi connectivity index (χ0) is 31.6. The molecule has 2 aliphatic heterocycles. The minimum atomic E-state index is -4.82. The van der Waals surface area contributed by atoms with Crippen LogP contribution in [0.15, 0.2) is 48.5 Å². The molecule has 1 unspecified atom stereocenters. The molecule has 5 rings (SSSR count).